The van der Waals surface area contributed by atoms with Crippen LogP contribution in [0.3, 0.4) is 0 Å². The van der Waals surface area contributed by atoms with Gasteiger partial charge >= 0.3 is 0 Å². The molecule has 1 aromatic heterocycles. The summed E-state index contributed by atoms with van der Waals surface area (Å²) in [5.41, 5.74) is 0.776. The molecule has 7 nitrogen and oxygen atoms in total. The Bertz CT molecular complexity index is 813. The molecule has 0 amide bonds. The Morgan fingerprint density at radius 2 is 1.85 bits per heavy atom. The number of aromatic nitrogens is 4. The van der Waals surface area contributed by atoms with Crippen LogP contribution in [-0.4, -0.2) is 61.0 Å². The molecule has 0 N–H and O–H groups in total. The minimum atomic E-state index is -2.13. The summed E-state index contributed by atoms with van der Waals surface area (Å²) < 4.78 is 5.51. The molecule has 1 fully saturated rings. The molecule has 3 rings (SSSR count). The zero-order valence-corrected chi connectivity index (χ0v) is 17.1. The second kappa shape index (κ2) is 8.22. The highest BCUT2D eigenvalue weighted by Crippen LogP contribution is 2.33. The highest BCUT2D eigenvalue weighted by Gasteiger charge is 2.37. The summed E-state index contributed by atoms with van der Waals surface area (Å²) >= 11 is 20.9. The summed E-state index contributed by atoms with van der Waals surface area (Å²) in [4.78, 5) is 14.6. The number of rotatable bonds is 4. The Morgan fingerprint density at radius 1 is 1.19 bits per heavy atom. The average molecular weight is 482 g/mol. The fraction of sp³-hybridized carbons (Fsp3) is 0.333. The predicted octanol–water partition coefficient (Wildman–Crippen LogP) is 3.04. The van der Waals surface area contributed by atoms with Gasteiger partial charge < -0.3 is 9.64 Å². The molecular weight excluding hydrogens is 468 g/mol. The minimum absolute atomic E-state index is 0.111. The third kappa shape index (κ3) is 4.55. The molecule has 1 saturated heterocycles. The van der Waals surface area contributed by atoms with E-state index in [-0.39, 0.29) is 11.4 Å². The Morgan fingerprint density at radius 3 is 2.46 bits per heavy atom. The number of benzene rings is 1. The van der Waals surface area contributed by atoms with Crippen LogP contribution in [0.5, 0.6) is 0 Å². The summed E-state index contributed by atoms with van der Waals surface area (Å²) in [5, 5.41) is 11.6. The molecule has 1 aliphatic heterocycles. The molecule has 2 heterocycles. The molecule has 26 heavy (non-hydrogen) atoms. The molecular formula is C15H13BrCl3N5O2. The van der Waals surface area contributed by atoms with Crippen molar-refractivity contribution in [2.75, 3.05) is 26.3 Å². The fourth-order valence-corrected chi connectivity index (χ4v) is 2.94. The van der Waals surface area contributed by atoms with Crippen LogP contribution in [0.1, 0.15) is 5.82 Å². The van der Waals surface area contributed by atoms with Crippen LogP contribution in [0.2, 0.25) is 0 Å². The summed E-state index contributed by atoms with van der Waals surface area (Å²) in [6, 6.07) is 7.28. The van der Waals surface area contributed by atoms with Gasteiger partial charge in [0, 0.05) is 23.8 Å². The summed E-state index contributed by atoms with van der Waals surface area (Å²) in [6.07, 6.45) is 1.62. The van der Waals surface area contributed by atoms with E-state index >= 15 is 0 Å². The molecule has 0 spiro atoms. The van der Waals surface area contributed by atoms with E-state index in [1.807, 2.05) is 17.0 Å². The van der Waals surface area contributed by atoms with Crippen molar-refractivity contribution >= 4 is 62.1 Å². The maximum Gasteiger partial charge on any atom is 0.253 e. The Labute approximate surface area is 173 Å². The van der Waals surface area contributed by atoms with Crippen LogP contribution in [-0.2, 0) is 9.53 Å². The van der Waals surface area contributed by atoms with Gasteiger partial charge in [-0.3, -0.25) is 4.79 Å². The molecule has 0 radical (unpaired) electrons. The zero-order valence-electron chi connectivity index (χ0n) is 13.3. The van der Waals surface area contributed by atoms with Gasteiger partial charge in [0.25, 0.3) is 3.79 Å². The van der Waals surface area contributed by atoms with Gasteiger partial charge in [0.2, 0.25) is 5.78 Å². The average Bonchev–Trinajstić information content (AvgIpc) is 3.09. The van der Waals surface area contributed by atoms with E-state index in [9.17, 15) is 4.79 Å². The second-order valence-electron chi connectivity index (χ2n) is 5.41. The molecule has 11 heteroatoms. The van der Waals surface area contributed by atoms with E-state index in [1.165, 1.54) is 4.68 Å². The summed E-state index contributed by atoms with van der Waals surface area (Å²) in [6.45, 7) is 2.31. The van der Waals surface area contributed by atoms with Crippen molar-refractivity contribution in [2.24, 2.45) is 0 Å². The lowest BCUT2D eigenvalue weighted by atomic mass is 10.1. The smallest absolute Gasteiger partial charge is 0.253 e. The number of ether oxygens (including phenoxy) is 1. The van der Waals surface area contributed by atoms with Gasteiger partial charge in [0.1, 0.15) is 0 Å². The van der Waals surface area contributed by atoms with Crippen molar-refractivity contribution < 1.29 is 9.53 Å². The highest BCUT2D eigenvalue weighted by molar-refractivity contribution is 9.10. The first-order chi connectivity index (χ1) is 12.4. The zero-order chi connectivity index (χ0) is 18.7. The number of Topliss-reactive ketones (excluding diaryl/α,β-unsaturated/α-hetero) is 1. The van der Waals surface area contributed by atoms with Gasteiger partial charge in [-0.05, 0) is 34.7 Å². The summed E-state index contributed by atoms with van der Waals surface area (Å²) in [5.74, 6) is -0.516. The van der Waals surface area contributed by atoms with E-state index in [2.05, 4.69) is 31.5 Å². The maximum atomic E-state index is 12.7. The largest absolute Gasteiger partial charge is 0.378 e. The number of hydrogen-bond donors (Lipinski definition) is 0. The number of ketones is 1. The van der Waals surface area contributed by atoms with E-state index in [1.54, 1.807) is 18.3 Å². The van der Waals surface area contributed by atoms with Crippen LogP contribution in [0.15, 0.2) is 34.9 Å². The topological polar surface area (TPSA) is 73.1 Å². The number of nitrogens with zero attached hydrogens (tertiary/aromatic N) is 5. The van der Waals surface area contributed by atoms with Gasteiger partial charge in [-0.2, -0.15) is 4.68 Å². The number of halogens is 4. The quantitative estimate of drug-likeness (QED) is 0.494. The van der Waals surface area contributed by atoms with Gasteiger partial charge in [0.05, 0.1) is 24.5 Å². The molecule has 0 bridgehead atoms. The molecule has 0 atom stereocenters. The van der Waals surface area contributed by atoms with E-state index in [4.69, 9.17) is 39.5 Å². The molecule has 0 saturated carbocycles. The first-order valence-electron chi connectivity index (χ1n) is 7.56. The lowest BCUT2D eigenvalue weighted by molar-refractivity contribution is -0.113. The van der Waals surface area contributed by atoms with Crippen molar-refractivity contribution in [1.29, 1.82) is 0 Å². The minimum Gasteiger partial charge on any atom is -0.378 e. The highest BCUT2D eigenvalue weighted by atomic mass is 79.9. The van der Waals surface area contributed by atoms with Crippen LogP contribution in [0.25, 0.3) is 11.3 Å². The third-order valence-electron chi connectivity index (χ3n) is 3.64. The normalized spacial score (nSPS) is 16.0. The molecule has 0 aliphatic carbocycles. The number of carbonyl (C=O) groups excluding carboxylic acids is 1. The molecule has 1 aromatic carbocycles. The van der Waals surface area contributed by atoms with Crippen molar-refractivity contribution in [1.82, 2.24) is 25.1 Å². The van der Waals surface area contributed by atoms with Gasteiger partial charge in [0.15, 0.2) is 5.82 Å². The second-order valence-corrected chi connectivity index (χ2v) is 8.61. The van der Waals surface area contributed by atoms with Crippen molar-refractivity contribution in [2.45, 2.75) is 3.79 Å². The molecule has 138 valence electrons. The number of carbonyl (C=O) groups is 1. The van der Waals surface area contributed by atoms with Crippen LogP contribution >= 0.6 is 50.7 Å². The van der Waals surface area contributed by atoms with Crippen molar-refractivity contribution in [3.8, 4) is 5.69 Å². The first kappa shape index (κ1) is 19.6. The van der Waals surface area contributed by atoms with Gasteiger partial charge in [-0.15, -0.1) is 5.10 Å². The Hall–Kier alpha value is -1.19. The fourth-order valence-electron chi connectivity index (χ4n) is 2.37. The standard InChI is InChI=1S/C15H13BrCl3N5O2/c16-10-1-3-11(4-2-10)24-14(20-21-22-24)12(13(25)15(17,18)19)9-23-5-7-26-8-6-23/h1-4,9H,5-8H2/b12-9+. The monoisotopic (exact) mass is 479 g/mol. The lowest BCUT2D eigenvalue weighted by Crippen LogP contribution is -2.33. The molecule has 1 aliphatic rings. The Balaban J connectivity index is 2.05. The van der Waals surface area contributed by atoms with Crippen molar-refractivity contribution in [3.05, 3.63) is 40.8 Å². The van der Waals surface area contributed by atoms with Crippen molar-refractivity contribution in [3.63, 3.8) is 0 Å². The third-order valence-corrected chi connectivity index (χ3v) is 4.68. The van der Waals surface area contributed by atoms with E-state index in [0.29, 0.717) is 32.0 Å². The lowest BCUT2D eigenvalue weighted by Gasteiger charge is -2.26. The first-order valence-corrected chi connectivity index (χ1v) is 9.49. The van der Waals surface area contributed by atoms with Crippen LogP contribution < -0.4 is 0 Å². The number of hydrogen-bond acceptors (Lipinski definition) is 6. The van der Waals surface area contributed by atoms with Gasteiger partial charge in [-0.1, -0.05) is 50.7 Å². The van der Waals surface area contributed by atoms with Gasteiger partial charge in [-0.25, -0.2) is 0 Å². The number of alkyl halides is 3. The molecule has 0 unspecified atom stereocenters. The van der Waals surface area contributed by atoms with Crippen LogP contribution in [0, 0.1) is 0 Å². The number of allylic oxidation sites excluding steroid dienone is 1. The maximum absolute atomic E-state index is 12.7. The number of morpholine rings is 1. The Kier molecular flexibility index (Phi) is 6.19. The van der Waals surface area contributed by atoms with E-state index in [0.717, 1.165) is 4.47 Å². The predicted molar refractivity (Wildman–Crippen MR) is 103 cm³/mol. The SMILES string of the molecule is O=C(/C(=C\N1CCOCC1)c1nnnn1-c1ccc(Br)cc1)C(Cl)(Cl)Cl. The van der Waals surface area contributed by atoms with Crippen LogP contribution in [0.4, 0.5) is 0 Å². The molecule has 2 aromatic rings. The van der Waals surface area contributed by atoms with E-state index < -0.39 is 9.58 Å². The summed E-state index contributed by atoms with van der Waals surface area (Å²) in [7, 11) is 0. The number of tetrazole rings is 1.